The van der Waals surface area contributed by atoms with Gasteiger partial charge in [-0.25, -0.2) is 4.79 Å². The van der Waals surface area contributed by atoms with Crippen LogP contribution in [0.25, 0.3) is 0 Å². The van der Waals surface area contributed by atoms with E-state index in [9.17, 15) is 27.9 Å². The molecule has 0 unspecified atom stereocenters. The van der Waals surface area contributed by atoms with Crippen LogP contribution >= 0.6 is 0 Å². The zero-order valence-corrected chi connectivity index (χ0v) is 13.9. The SMILES string of the molecule is COC(=O)[C@@](O)(c1ccc(NC(=O)c2ccc(C)cc2)cc1)C(F)(F)F. The number of aliphatic hydroxyl groups is 1. The van der Waals surface area contributed by atoms with Crippen molar-refractivity contribution in [2.45, 2.75) is 18.7 Å². The molecule has 2 aromatic carbocycles. The molecule has 138 valence electrons. The maximum atomic E-state index is 13.2. The molecule has 0 fully saturated rings. The van der Waals surface area contributed by atoms with Gasteiger partial charge in [-0.1, -0.05) is 29.8 Å². The number of alkyl halides is 3. The maximum Gasteiger partial charge on any atom is 0.432 e. The molecule has 0 radical (unpaired) electrons. The van der Waals surface area contributed by atoms with E-state index in [1.165, 1.54) is 0 Å². The van der Waals surface area contributed by atoms with Crippen molar-refractivity contribution in [2.75, 3.05) is 12.4 Å². The molecule has 0 spiro atoms. The number of benzene rings is 2. The standard InChI is InChI=1S/C18H16F3NO4/c1-11-3-5-12(6-4-11)15(23)22-14-9-7-13(8-10-14)17(25,16(24)26-2)18(19,20)21/h3-10,25H,1-2H3,(H,22,23)/t17-/m0/s1. The summed E-state index contributed by atoms with van der Waals surface area (Å²) < 4.78 is 43.6. The number of rotatable bonds is 4. The fraction of sp³-hybridized carbons (Fsp3) is 0.222. The monoisotopic (exact) mass is 367 g/mol. The van der Waals surface area contributed by atoms with Gasteiger partial charge < -0.3 is 15.2 Å². The Bertz CT molecular complexity index is 801. The van der Waals surface area contributed by atoms with Gasteiger partial charge >= 0.3 is 12.1 Å². The summed E-state index contributed by atoms with van der Waals surface area (Å²) in [5, 5.41) is 12.4. The van der Waals surface area contributed by atoms with Crippen LogP contribution in [0.15, 0.2) is 48.5 Å². The summed E-state index contributed by atoms with van der Waals surface area (Å²) in [5.74, 6) is -2.29. The zero-order valence-electron chi connectivity index (χ0n) is 13.9. The van der Waals surface area contributed by atoms with E-state index in [2.05, 4.69) is 10.1 Å². The molecule has 26 heavy (non-hydrogen) atoms. The molecule has 1 amide bonds. The summed E-state index contributed by atoms with van der Waals surface area (Å²) in [6, 6.07) is 10.8. The molecule has 0 aliphatic rings. The Hall–Kier alpha value is -2.87. The Morgan fingerprint density at radius 3 is 2.00 bits per heavy atom. The van der Waals surface area contributed by atoms with Crippen molar-refractivity contribution in [3.05, 3.63) is 65.2 Å². The van der Waals surface area contributed by atoms with Gasteiger partial charge in [0.25, 0.3) is 11.5 Å². The van der Waals surface area contributed by atoms with Gasteiger partial charge in [-0.05, 0) is 31.2 Å². The van der Waals surface area contributed by atoms with Gasteiger partial charge in [0.15, 0.2) is 0 Å². The molecule has 0 aliphatic heterocycles. The minimum atomic E-state index is -5.27. The van der Waals surface area contributed by atoms with Crippen LogP contribution in [0.3, 0.4) is 0 Å². The second kappa shape index (κ2) is 7.17. The van der Waals surface area contributed by atoms with Crippen molar-refractivity contribution in [3.8, 4) is 0 Å². The number of carbonyl (C=O) groups is 2. The second-order valence-electron chi connectivity index (χ2n) is 5.60. The molecule has 5 nitrogen and oxygen atoms in total. The van der Waals surface area contributed by atoms with Gasteiger partial charge in [-0.3, -0.25) is 4.79 Å². The predicted octanol–water partition coefficient (Wildman–Crippen LogP) is 3.17. The van der Waals surface area contributed by atoms with E-state index < -0.39 is 29.2 Å². The highest BCUT2D eigenvalue weighted by molar-refractivity contribution is 6.04. The average Bonchev–Trinajstić information content (AvgIpc) is 2.60. The number of methoxy groups -OCH3 is 1. The molecule has 8 heteroatoms. The number of hydrogen-bond donors (Lipinski definition) is 2. The van der Waals surface area contributed by atoms with Gasteiger partial charge in [0.2, 0.25) is 0 Å². The smallest absolute Gasteiger partial charge is 0.432 e. The predicted molar refractivity (Wildman–Crippen MR) is 87.5 cm³/mol. The number of anilines is 1. The third kappa shape index (κ3) is 3.70. The molecule has 2 rings (SSSR count). The molecular weight excluding hydrogens is 351 g/mol. The van der Waals surface area contributed by atoms with E-state index in [-0.39, 0.29) is 5.69 Å². The van der Waals surface area contributed by atoms with Crippen LogP contribution in [0.1, 0.15) is 21.5 Å². The highest BCUT2D eigenvalue weighted by Gasteiger charge is 2.62. The topological polar surface area (TPSA) is 75.6 Å². The van der Waals surface area contributed by atoms with Gasteiger partial charge in [0, 0.05) is 16.8 Å². The van der Waals surface area contributed by atoms with Gasteiger partial charge in [0.05, 0.1) is 7.11 Å². The first kappa shape index (κ1) is 19.5. The minimum absolute atomic E-state index is 0.203. The number of halogens is 3. The first-order valence-electron chi connectivity index (χ1n) is 7.45. The van der Waals surface area contributed by atoms with Gasteiger partial charge in [-0.2, -0.15) is 13.2 Å². The number of nitrogens with one attached hydrogen (secondary N) is 1. The molecule has 0 saturated carbocycles. The number of hydrogen-bond acceptors (Lipinski definition) is 4. The minimum Gasteiger partial charge on any atom is -0.466 e. The van der Waals surface area contributed by atoms with E-state index >= 15 is 0 Å². The lowest BCUT2D eigenvalue weighted by atomic mass is 9.93. The normalized spacial score (nSPS) is 13.6. The largest absolute Gasteiger partial charge is 0.466 e. The molecule has 2 aromatic rings. The lowest BCUT2D eigenvalue weighted by Crippen LogP contribution is -2.49. The van der Waals surface area contributed by atoms with E-state index in [0.717, 1.165) is 36.9 Å². The van der Waals surface area contributed by atoms with Crippen LogP contribution in [-0.2, 0) is 15.1 Å². The van der Waals surface area contributed by atoms with Crippen LogP contribution in [0.4, 0.5) is 18.9 Å². The van der Waals surface area contributed by atoms with E-state index in [1.54, 1.807) is 24.3 Å². The fourth-order valence-electron chi connectivity index (χ4n) is 2.25. The molecule has 0 aliphatic carbocycles. The fourth-order valence-corrected chi connectivity index (χ4v) is 2.25. The van der Waals surface area contributed by atoms with E-state index in [4.69, 9.17) is 0 Å². The third-order valence-corrected chi connectivity index (χ3v) is 3.77. The van der Waals surface area contributed by atoms with E-state index in [0.29, 0.717) is 5.56 Å². The van der Waals surface area contributed by atoms with Crippen LogP contribution in [0.5, 0.6) is 0 Å². The summed E-state index contributed by atoms with van der Waals surface area (Å²) in [5.41, 5.74) is -2.96. The second-order valence-corrected chi connectivity index (χ2v) is 5.60. The number of carbonyl (C=O) groups excluding carboxylic acids is 2. The summed E-state index contributed by atoms with van der Waals surface area (Å²) in [6.45, 7) is 1.86. The Morgan fingerprint density at radius 1 is 1.00 bits per heavy atom. The van der Waals surface area contributed by atoms with Crippen molar-refractivity contribution in [1.29, 1.82) is 0 Å². The summed E-state index contributed by atoms with van der Waals surface area (Å²) >= 11 is 0. The van der Waals surface area contributed by atoms with Gasteiger partial charge in [-0.15, -0.1) is 0 Å². The summed E-state index contributed by atoms with van der Waals surface area (Å²) in [4.78, 5) is 23.6. The van der Waals surface area contributed by atoms with Crippen molar-refractivity contribution in [2.24, 2.45) is 0 Å². The van der Waals surface area contributed by atoms with Crippen LogP contribution in [-0.4, -0.2) is 30.3 Å². The summed E-state index contributed by atoms with van der Waals surface area (Å²) in [7, 11) is 0.745. The Morgan fingerprint density at radius 2 is 1.54 bits per heavy atom. The number of amides is 1. The third-order valence-electron chi connectivity index (χ3n) is 3.77. The first-order chi connectivity index (χ1) is 12.1. The average molecular weight is 367 g/mol. The quantitative estimate of drug-likeness (QED) is 0.814. The Kier molecular flexibility index (Phi) is 5.36. The van der Waals surface area contributed by atoms with Crippen molar-refractivity contribution < 1.29 is 32.6 Å². The molecule has 2 N–H and O–H groups in total. The Labute approximate surface area is 147 Å². The maximum absolute atomic E-state index is 13.2. The molecule has 0 bridgehead atoms. The Balaban J connectivity index is 2.25. The molecule has 1 atom stereocenters. The molecule has 0 heterocycles. The first-order valence-corrected chi connectivity index (χ1v) is 7.45. The molecule has 0 aromatic heterocycles. The van der Waals surface area contributed by atoms with E-state index in [1.807, 2.05) is 6.92 Å². The molecule has 0 saturated heterocycles. The van der Waals surface area contributed by atoms with Crippen LogP contribution in [0.2, 0.25) is 0 Å². The lowest BCUT2D eigenvalue weighted by Gasteiger charge is -2.28. The summed E-state index contributed by atoms with van der Waals surface area (Å²) in [6.07, 6.45) is -5.27. The lowest BCUT2D eigenvalue weighted by molar-refractivity contribution is -0.266. The van der Waals surface area contributed by atoms with Crippen molar-refractivity contribution in [1.82, 2.24) is 0 Å². The zero-order chi connectivity index (χ0) is 19.5. The highest BCUT2D eigenvalue weighted by atomic mass is 19.4. The molecular formula is C18H16F3NO4. The van der Waals surface area contributed by atoms with Crippen LogP contribution in [0, 0.1) is 6.92 Å². The van der Waals surface area contributed by atoms with Crippen molar-refractivity contribution >= 4 is 17.6 Å². The van der Waals surface area contributed by atoms with Gasteiger partial charge in [0.1, 0.15) is 0 Å². The number of esters is 1. The number of aryl methyl sites for hydroxylation is 1. The van der Waals surface area contributed by atoms with Crippen molar-refractivity contribution in [3.63, 3.8) is 0 Å². The number of ether oxygens (including phenoxy) is 1. The van der Waals surface area contributed by atoms with Crippen LogP contribution < -0.4 is 5.32 Å². The highest BCUT2D eigenvalue weighted by Crippen LogP contribution is 2.40.